The predicted octanol–water partition coefficient (Wildman–Crippen LogP) is -0.0869. The molecule has 0 radical (unpaired) electrons. The summed E-state index contributed by atoms with van der Waals surface area (Å²) in [5.41, 5.74) is 0. The Balaban J connectivity index is 4.12. The molecule has 5 nitrogen and oxygen atoms in total. The van der Waals surface area contributed by atoms with Gasteiger partial charge in [0.25, 0.3) is 0 Å². The SMILES string of the molecule is C#CCNC(=O)CNC(CC(C)C)C(=O)OC. The summed E-state index contributed by atoms with van der Waals surface area (Å²) in [6, 6.07) is -0.461. The van der Waals surface area contributed by atoms with Crippen molar-refractivity contribution in [2.45, 2.75) is 26.3 Å². The first-order valence-corrected chi connectivity index (χ1v) is 5.52. The zero-order valence-corrected chi connectivity index (χ0v) is 10.6. The molecule has 1 amide bonds. The number of terminal acetylenes is 1. The van der Waals surface area contributed by atoms with Gasteiger partial charge in [0, 0.05) is 0 Å². The van der Waals surface area contributed by atoms with E-state index in [4.69, 9.17) is 6.42 Å². The van der Waals surface area contributed by atoms with E-state index in [9.17, 15) is 9.59 Å². The first-order valence-electron chi connectivity index (χ1n) is 5.52. The molecule has 1 atom stereocenters. The number of carbonyl (C=O) groups is 2. The predicted molar refractivity (Wildman–Crippen MR) is 65.1 cm³/mol. The lowest BCUT2D eigenvalue weighted by Crippen LogP contribution is -2.44. The highest BCUT2D eigenvalue weighted by molar-refractivity contribution is 5.80. The van der Waals surface area contributed by atoms with Gasteiger partial charge in [-0.25, -0.2) is 0 Å². The molecular weight excluding hydrogens is 220 g/mol. The van der Waals surface area contributed by atoms with E-state index < -0.39 is 6.04 Å². The van der Waals surface area contributed by atoms with Crippen LogP contribution in [0.15, 0.2) is 0 Å². The first-order chi connectivity index (χ1) is 8.01. The molecule has 0 aromatic carbocycles. The molecule has 17 heavy (non-hydrogen) atoms. The fourth-order valence-corrected chi connectivity index (χ4v) is 1.30. The van der Waals surface area contributed by atoms with Gasteiger partial charge in [-0.05, 0) is 12.3 Å². The lowest BCUT2D eigenvalue weighted by molar-refractivity contribution is -0.143. The second kappa shape index (κ2) is 8.59. The highest BCUT2D eigenvalue weighted by Crippen LogP contribution is 2.05. The van der Waals surface area contributed by atoms with Crippen LogP contribution >= 0.6 is 0 Å². The number of hydrogen-bond donors (Lipinski definition) is 2. The van der Waals surface area contributed by atoms with Crippen molar-refractivity contribution in [3.63, 3.8) is 0 Å². The molecule has 0 fully saturated rings. The Morgan fingerprint density at radius 2 is 2.06 bits per heavy atom. The van der Waals surface area contributed by atoms with Crippen molar-refractivity contribution in [2.75, 3.05) is 20.2 Å². The number of rotatable bonds is 7. The highest BCUT2D eigenvalue weighted by Gasteiger charge is 2.20. The van der Waals surface area contributed by atoms with Gasteiger partial charge < -0.3 is 10.1 Å². The largest absolute Gasteiger partial charge is 0.468 e. The topological polar surface area (TPSA) is 67.4 Å². The van der Waals surface area contributed by atoms with Crippen molar-refractivity contribution in [3.8, 4) is 12.3 Å². The average molecular weight is 240 g/mol. The molecule has 0 aliphatic rings. The summed E-state index contributed by atoms with van der Waals surface area (Å²) in [7, 11) is 1.33. The maximum absolute atomic E-state index is 11.4. The molecule has 0 saturated heterocycles. The summed E-state index contributed by atoms with van der Waals surface area (Å²) in [5.74, 6) is 2.04. The quantitative estimate of drug-likeness (QED) is 0.482. The minimum Gasteiger partial charge on any atom is -0.468 e. The standard InChI is InChI=1S/C12H20N2O3/c1-5-6-13-11(15)8-14-10(7-9(2)3)12(16)17-4/h1,9-10,14H,6-8H2,2-4H3,(H,13,15). The Kier molecular flexibility index (Phi) is 7.82. The van der Waals surface area contributed by atoms with Crippen molar-refractivity contribution in [2.24, 2.45) is 5.92 Å². The fraction of sp³-hybridized carbons (Fsp3) is 0.667. The fourth-order valence-electron chi connectivity index (χ4n) is 1.30. The van der Waals surface area contributed by atoms with E-state index in [1.807, 2.05) is 13.8 Å². The van der Waals surface area contributed by atoms with Gasteiger partial charge >= 0.3 is 5.97 Å². The van der Waals surface area contributed by atoms with Gasteiger partial charge in [0.1, 0.15) is 6.04 Å². The van der Waals surface area contributed by atoms with E-state index in [1.54, 1.807) is 0 Å². The smallest absolute Gasteiger partial charge is 0.322 e. The summed E-state index contributed by atoms with van der Waals surface area (Å²) >= 11 is 0. The normalized spacial score (nSPS) is 11.7. The minimum atomic E-state index is -0.461. The van der Waals surface area contributed by atoms with Crippen molar-refractivity contribution in [3.05, 3.63) is 0 Å². The van der Waals surface area contributed by atoms with E-state index in [-0.39, 0.29) is 25.0 Å². The highest BCUT2D eigenvalue weighted by atomic mass is 16.5. The lowest BCUT2D eigenvalue weighted by Gasteiger charge is -2.17. The minimum absolute atomic E-state index is 0.0498. The van der Waals surface area contributed by atoms with Crippen molar-refractivity contribution >= 4 is 11.9 Å². The molecule has 0 rings (SSSR count). The van der Waals surface area contributed by atoms with Crippen LogP contribution in [-0.2, 0) is 14.3 Å². The van der Waals surface area contributed by atoms with Crippen LogP contribution in [-0.4, -0.2) is 38.1 Å². The van der Waals surface area contributed by atoms with Crippen LogP contribution in [0.2, 0.25) is 0 Å². The summed E-state index contributed by atoms with van der Waals surface area (Å²) in [6.07, 6.45) is 5.63. The Morgan fingerprint density at radius 3 is 2.53 bits per heavy atom. The third-order valence-electron chi connectivity index (χ3n) is 2.09. The number of hydrogen-bond acceptors (Lipinski definition) is 4. The van der Waals surface area contributed by atoms with E-state index in [0.29, 0.717) is 12.3 Å². The van der Waals surface area contributed by atoms with Gasteiger partial charge in [0.2, 0.25) is 5.91 Å². The molecule has 0 aliphatic carbocycles. The van der Waals surface area contributed by atoms with Crippen LogP contribution in [0.4, 0.5) is 0 Å². The van der Waals surface area contributed by atoms with E-state index in [0.717, 1.165) is 0 Å². The molecule has 0 heterocycles. The molecule has 5 heteroatoms. The molecule has 0 aromatic heterocycles. The molecule has 0 bridgehead atoms. The lowest BCUT2D eigenvalue weighted by atomic mass is 10.0. The number of nitrogens with one attached hydrogen (secondary N) is 2. The Hall–Kier alpha value is -1.54. The Labute approximate surface area is 102 Å². The van der Waals surface area contributed by atoms with E-state index in [1.165, 1.54) is 7.11 Å². The number of ether oxygens (including phenoxy) is 1. The van der Waals surface area contributed by atoms with E-state index in [2.05, 4.69) is 21.3 Å². The number of esters is 1. The molecule has 1 unspecified atom stereocenters. The van der Waals surface area contributed by atoms with Gasteiger partial charge in [-0.1, -0.05) is 19.8 Å². The van der Waals surface area contributed by atoms with E-state index >= 15 is 0 Å². The summed E-state index contributed by atoms with van der Waals surface area (Å²) in [6.45, 7) is 4.23. The van der Waals surface area contributed by atoms with Crippen LogP contribution < -0.4 is 10.6 Å². The van der Waals surface area contributed by atoms with Crippen LogP contribution in [0.3, 0.4) is 0 Å². The molecule has 0 saturated carbocycles. The van der Waals surface area contributed by atoms with Crippen molar-refractivity contribution in [1.82, 2.24) is 10.6 Å². The third-order valence-corrected chi connectivity index (χ3v) is 2.09. The summed E-state index contributed by atoms with van der Waals surface area (Å²) < 4.78 is 4.66. The van der Waals surface area contributed by atoms with Crippen molar-refractivity contribution in [1.29, 1.82) is 0 Å². The van der Waals surface area contributed by atoms with Crippen LogP contribution in [0, 0.1) is 18.3 Å². The van der Waals surface area contributed by atoms with Gasteiger partial charge in [0.05, 0.1) is 20.2 Å². The zero-order chi connectivity index (χ0) is 13.3. The molecule has 96 valence electrons. The van der Waals surface area contributed by atoms with Gasteiger partial charge in [0.15, 0.2) is 0 Å². The van der Waals surface area contributed by atoms with Crippen LogP contribution in [0.25, 0.3) is 0 Å². The third kappa shape index (κ3) is 7.36. The van der Waals surface area contributed by atoms with Crippen molar-refractivity contribution < 1.29 is 14.3 Å². The molecule has 0 aromatic rings. The summed E-state index contributed by atoms with van der Waals surface area (Å²) in [4.78, 5) is 22.7. The summed E-state index contributed by atoms with van der Waals surface area (Å²) in [5, 5.41) is 5.36. The molecular formula is C12H20N2O3. The Bertz CT molecular complexity index is 295. The molecule has 0 spiro atoms. The average Bonchev–Trinajstić information content (AvgIpc) is 2.30. The maximum Gasteiger partial charge on any atom is 0.322 e. The monoisotopic (exact) mass is 240 g/mol. The van der Waals surface area contributed by atoms with Gasteiger partial charge in [-0.2, -0.15) is 0 Å². The van der Waals surface area contributed by atoms with Gasteiger partial charge in [-0.3, -0.25) is 14.9 Å². The second-order valence-electron chi connectivity index (χ2n) is 4.07. The maximum atomic E-state index is 11.4. The van der Waals surface area contributed by atoms with Crippen LogP contribution in [0.1, 0.15) is 20.3 Å². The number of amides is 1. The first kappa shape index (κ1) is 15.5. The molecule has 2 N–H and O–H groups in total. The van der Waals surface area contributed by atoms with Crippen LogP contribution in [0.5, 0.6) is 0 Å². The number of carbonyl (C=O) groups excluding carboxylic acids is 2. The zero-order valence-electron chi connectivity index (χ0n) is 10.6. The molecule has 0 aliphatic heterocycles. The second-order valence-corrected chi connectivity index (χ2v) is 4.07. The number of methoxy groups -OCH3 is 1. The Morgan fingerprint density at radius 1 is 1.41 bits per heavy atom. The van der Waals surface area contributed by atoms with Gasteiger partial charge in [-0.15, -0.1) is 6.42 Å².